The Bertz CT molecular complexity index is 1310. The van der Waals surface area contributed by atoms with Gasteiger partial charge in [-0.05, 0) is 61.7 Å². The summed E-state index contributed by atoms with van der Waals surface area (Å²) in [6, 6.07) is 17.4. The second kappa shape index (κ2) is 12.1. The highest BCUT2D eigenvalue weighted by molar-refractivity contribution is 7.90. The monoisotopic (exact) mass is 509 g/mol. The van der Waals surface area contributed by atoms with Crippen molar-refractivity contribution in [2.75, 3.05) is 6.54 Å². The van der Waals surface area contributed by atoms with Gasteiger partial charge in [-0.2, -0.15) is 0 Å². The van der Waals surface area contributed by atoms with Gasteiger partial charge in [0.15, 0.2) is 0 Å². The first-order chi connectivity index (χ1) is 17.2. The smallest absolute Gasteiger partial charge is 0.357 e. The van der Waals surface area contributed by atoms with Crippen molar-refractivity contribution in [2.24, 2.45) is 0 Å². The van der Waals surface area contributed by atoms with Gasteiger partial charge in [0.2, 0.25) is 0 Å². The number of nitrogens with zero attached hydrogens (tertiary/aromatic N) is 1. The predicted molar refractivity (Wildman–Crippen MR) is 133 cm³/mol. The van der Waals surface area contributed by atoms with E-state index >= 15 is 0 Å². The Hall–Kier alpha value is -4.05. The van der Waals surface area contributed by atoms with E-state index in [4.69, 9.17) is 4.74 Å². The fraction of sp³-hybridized carbons (Fsp3) is 0.231. The second-order valence-electron chi connectivity index (χ2n) is 8.01. The van der Waals surface area contributed by atoms with Crippen molar-refractivity contribution in [1.29, 1.82) is 0 Å². The van der Waals surface area contributed by atoms with Crippen molar-refractivity contribution in [3.63, 3.8) is 0 Å². The molecule has 10 heteroatoms. The number of benzene rings is 2. The molecule has 0 saturated carbocycles. The van der Waals surface area contributed by atoms with E-state index in [1.165, 1.54) is 24.3 Å². The number of carbonyl (C=O) groups excluding carboxylic acids is 3. The van der Waals surface area contributed by atoms with Crippen LogP contribution in [-0.2, 0) is 21.2 Å². The third-order valence-corrected chi connectivity index (χ3v) is 6.66. The Morgan fingerprint density at radius 2 is 1.61 bits per heavy atom. The van der Waals surface area contributed by atoms with E-state index in [1.807, 2.05) is 17.7 Å². The van der Waals surface area contributed by atoms with Crippen molar-refractivity contribution in [1.82, 2.24) is 15.0 Å². The number of esters is 1. The molecule has 0 bridgehead atoms. The van der Waals surface area contributed by atoms with Gasteiger partial charge in [0.25, 0.3) is 21.8 Å². The van der Waals surface area contributed by atoms with Crippen molar-refractivity contribution in [3.8, 4) is 0 Å². The molecule has 9 nitrogen and oxygen atoms in total. The number of ether oxygens (including phenoxy) is 1. The zero-order chi connectivity index (χ0) is 26.1. The van der Waals surface area contributed by atoms with Gasteiger partial charge in [-0.25, -0.2) is 22.9 Å². The number of pyridine rings is 1. The summed E-state index contributed by atoms with van der Waals surface area (Å²) >= 11 is 0. The molecule has 3 aromatic rings. The van der Waals surface area contributed by atoms with E-state index in [2.05, 4.69) is 10.3 Å². The summed E-state index contributed by atoms with van der Waals surface area (Å²) in [4.78, 5) is 40.3. The molecule has 3 rings (SSSR count). The van der Waals surface area contributed by atoms with Gasteiger partial charge in [-0.1, -0.05) is 37.3 Å². The Balaban J connectivity index is 1.55. The van der Waals surface area contributed by atoms with E-state index in [1.54, 1.807) is 43.3 Å². The lowest BCUT2D eigenvalue weighted by Gasteiger charge is -2.11. The van der Waals surface area contributed by atoms with Gasteiger partial charge in [0.05, 0.1) is 16.6 Å². The normalized spacial score (nSPS) is 11.8. The molecule has 1 aromatic heterocycles. The topological polar surface area (TPSA) is 132 Å². The third-order valence-electron chi connectivity index (χ3n) is 5.31. The molecule has 0 fully saturated rings. The quantitative estimate of drug-likeness (QED) is 0.401. The van der Waals surface area contributed by atoms with Crippen LogP contribution in [0.5, 0.6) is 0 Å². The first-order valence-electron chi connectivity index (χ1n) is 11.4. The van der Waals surface area contributed by atoms with Crippen LogP contribution >= 0.6 is 0 Å². The fourth-order valence-corrected chi connectivity index (χ4v) is 4.04. The standard InChI is InChI=1S/C26H27N3O6S/c1-3-18(2)35-26(32)23-14-11-21(17-28-23)25(31)29-36(33,34)22-12-9-19(10-13-22)15-16-27-24(30)20-7-5-4-6-8-20/h4-14,17-18H,3,15-16H2,1-2H3,(H,27,30)(H,29,31)/t18-/m0/s1. The molecular formula is C26H27N3O6S. The first-order valence-corrected chi connectivity index (χ1v) is 12.8. The van der Waals surface area contributed by atoms with Crippen LogP contribution in [0.1, 0.15) is 57.0 Å². The van der Waals surface area contributed by atoms with Gasteiger partial charge < -0.3 is 10.1 Å². The molecule has 2 amide bonds. The predicted octanol–water partition coefficient (Wildman–Crippen LogP) is 3.13. The van der Waals surface area contributed by atoms with Crippen LogP contribution in [0, 0.1) is 0 Å². The van der Waals surface area contributed by atoms with E-state index in [9.17, 15) is 22.8 Å². The molecule has 0 aliphatic carbocycles. The highest BCUT2D eigenvalue weighted by atomic mass is 32.2. The Morgan fingerprint density at radius 1 is 0.917 bits per heavy atom. The summed E-state index contributed by atoms with van der Waals surface area (Å²) in [6.45, 7) is 4.00. The number of amides is 2. The lowest BCUT2D eigenvalue weighted by molar-refractivity contribution is 0.0327. The van der Waals surface area contributed by atoms with Crippen molar-refractivity contribution in [3.05, 3.63) is 95.3 Å². The number of carbonyl (C=O) groups is 3. The van der Waals surface area contributed by atoms with E-state index < -0.39 is 21.9 Å². The minimum absolute atomic E-state index is 0.0188. The Labute approximate surface area is 210 Å². The molecule has 0 spiro atoms. The maximum atomic E-state index is 12.6. The summed E-state index contributed by atoms with van der Waals surface area (Å²) in [6.07, 6.45) is 2.00. The molecule has 2 aromatic carbocycles. The van der Waals surface area contributed by atoms with Crippen molar-refractivity contribution < 1.29 is 27.5 Å². The van der Waals surface area contributed by atoms with Crippen molar-refractivity contribution in [2.45, 2.75) is 37.7 Å². The minimum Gasteiger partial charge on any atom is -0.458 e. The highest BCUT2D eigenvalue weighted by Crippen LogP contribution is 2.13. The van der Waals surface area contributed by atoms with Crippen molar-refractivity contribution >= 4 is 27.8 Å². The summed E-state index contributed by atoms with van der Waals surface area (Å²) < 4.78 is 32.4. The van der Waals surface area contributed by atoms with Gasteiger partial charge in [0.1, 0.15) is 5.69 Å². The molecule has 0 saturated heterocycles. The molecule has 2 N–H and O–H groups in total. The summed E-state index contributed by atoms with van der Waals surface area (Å²) in [5.41, 5.74) is 1.37. The van der Waals surface area contributed by atoms with Crippen LogP contribution in [0.25, 0.3) is 0 Å². The van der Waals surface area contributed by atoms with E-state index in [0.717, 1.165) is 11.8 Å². The Kier molecular flexibility index (Phi) is 8.91. The average molecular weight is 510 g/mol. The van der Waals surface area contributed by atoms with Gasteiger partial charge in [-0.3, -0.25) is 9.59 Å². The zero-order valence-electron chi connectivity index (χ0n) is 19.9. The van der Waals surface area contributed by atoms with Crippen LogP contribution in [0.4, 0.5) is 0 Å². The van der Waals surface area contributed by atoms with E-state index in [-0.39, 0.29) is 28.2 Å². The average Bonchev–Trinajstić information content (AvgIpc) is 2.89. The fourth-order valence-electron chi connectivity index (χ4n) is 3.06. The number of rotatable bonds is 10. The molecule has 0 aliphatic heterocycles. The lowest BCUT2D eigenvalue weighted by Crippen LogP contribution is -2.30. The minimum atomic E-state index is -4.13. The molecule has 188 valence electrons. The maximum absolute atomic E-state index is 12.6. The molecule has 0 unspecified atom stereocenters. The highest BCUT2D eigenvalue weighted by Gasteiger charge is 2.20. The lowest BCUT2D eigenvalue weighted by atomic mass is 10.1. The SMILES string of the molecule is CC[C@H](C)OC(=O)c1ccc(C(=O)NS(=O)(=O)c2ccc(CCNC(=O)c3ccccc3)cc2)cn1. The molecule has 36 heavy (non-hydrogen) atoms. The van der Waals surface area contributed by atoms with Gasteiger partial charge >= 0.3 is 5.97 Å². The molecule has 1 atom stereocenters. The number of hydrogen-bond donors (Lipinski definition) is 2. The molecule has 0 aliphatic rings. The van der Waals surface area contributed by atoms with Crippen LogP contribution in [0.3, 0.4) is 0 Å². The van der Waals surface area contributed by atoms with E-state index in [0.29, 0.717) is 24.9 Å². The first kappa shape index (κ1) is 26.6. The zero-order valence-corrected chi connectivity index (χ0v) is 20.7. The maximum Gasteiger partial charge on any atom is 0.357 e. The van der Waals surface area contributed by atoms with Gasteiger partial charge in [-0.15, -0.1) is 0 Å². The molecule has 1 heterocycles. The largest absolute Gasteiger partial charge is 0.458 e. The number of nitrogens with one attached hydrogen (secondary N) is 2. The molecule has 0 radical (unpaired) electrons. The van der Waals surface area contributed by atoms with Gasteiger partial charge in [0, 0.05) is 18.3 Å². The molecular weight excluding hydrogens is 482 g/mol. The van der Waals surface area contributed by atoms with Crippen LogP contribution in [0.2, 0.25) is 0 Å². The summed E-state index contributed by atoms with van der Waals surface area (Å²) in [5, 5.41) is 2.81. The van der Waals surface area contributed by atoms with Crippen LogP contribution in [-0.4, -0.2) is 43.8 Å². The second-order valence-corrected chi connectivity index (χ2v) is 9.69. The van der Waals surface area contributed by atoms with Crippen LogP contribution in [0.15, 0.2) is 77.8 Å². The number of aromatic nitrogens is 1. The third kappa shape index (κ3) is 7.22. The Morgan fingerprint density at radius 3 is 2.22 bits per heavy atom. The van der Waals surface area contributed by atoms with Crippen LogP contribution < -0.4 is 10.0 Å². The summed E-state index contributed by atoms with van der Waals surface area (Å²) in [7, 11) is -4.13. The number of hydrogen-bond acceptors (Lipinski definition) is 7. The number of sulfonamides is 1. The summed E-state index contributed by atoms with van der Waals surface area (Å²) in [5.74, 6) is -1.69.